The Morgan fingerprint density at radius 3 is 2.71 bits per heavy atom. The van der Waals surface area contributed by atoms with Crippen molar-refractivity contribution in [3.8, 4) is 0 Å². The topological polar surface area (TPSA) is 54.0 Å². The van der Waals surface area contributed by atoms with Gasteiger partial charge < -0.3 is 10.6 Å². The van der Waals surface area contributed by atoms with Crippen LogP contribution in [-0.2, 0) is 10.2 Å². The van der Waals surface area contributed by atoms with E-state index < -0.39 is 5.41 Å². The number of benzene rings is 2. The molecule has 1 aromatic heterocycles. The van der Waals surface area contributed by atoms with Crippen LogP contribution in [0.25, 0.3) is 10.2 Å². The van der Waals surface area contributed by atoms with E-state index in [9.17, 15) is 4.79 Å². The minimum Gasteiger partial charge on any atom is -0.325 e. The normalized spacial score (nSPS) is 16.8. The third-order valence-electron chi connectivity index (χ3n) is 4.81. The lowest BCUT2D eigenvalue weighted by atomic mass is 9.72. The van der Waals surface area contributed by atoms with Crippen LogP contribution in [0.3, 0.4) is 0 Å². The van der Waals surface area contributed by atoms with Crippen molar-refractivity contribution in [2.45, 2.75) is 18.3 Å². The lowest BCUT2D eigenvalue weighted by Crippen LogP contribution is -2.48. The summed E-state index contributed by atoms with van der Waals surface area (Å²) in [5.74, 6) is 0.0739. The molecule has 2 aromatic carbocycles. The van der Waals surface area contributed by atoms with Gasteiger partial charge in [0.2, 0.25) is 5.91 Å². The highest BCUT2D eigenvalue weighted by Gasteiger charge is 2.41. The van der Waals surface area contributed by atoms with Crippen molar-refractivity contribution in [3.05, 3.63) is 59.6 Å². The molecule has 0 unspecified atom stereocenters. The Hall–Kier alpha value is -2.24. The lowest BCUT2D eigenvalue weighted by Gasteiger charge is -2.36. The molecule has 0 radical (unpaired) electrons. The van der Waals surface area contributed by atoms with E-state index >= 15 is 0 Å². The SMILES string of the molecule is O=C(Nc1ccc2scnc2c1)C1(c2ccccc2)CCNCC1. The number of nitrogens with one attached hydrogen (secondary N) is 2. The van der Waals surface area contributed by atoms with Gasteiger partial charge in [0.25, 0.3) is 0 Å². The van der Waals surface area contributed by atoms with Gasteiger partial charge in [-0.1, -0.05) is 30.3 Å². The van der Waals surface area contributed by atoms with Crippen molar-refractivity contribution in [3.63, 3.8) is 0 Å². The molecule has 24 heavy (non-hydrogen) atoms. The summed E-state index contributed by atoms with van der Waals surface area (Å²) in [6.07, 6.45) is 1.61. The number of fused-ring (bicyclic) bond motifs is 1. The number of carbonyl (C=O) groups excluding carboxylic acids is 1. The van der Waals surface area contributed by atoms with Crippen LogP contribution in [0.2, 0.25) is 0 Å². The monoisotopic (exact) mass is 337 g/mol. The molecule has 0 saturated carbocycles. The third-order valence-corrected chi connectivity index (χ3v) is 5.62. The molecule has 4 rings (SSSR count). The number of hydrogen-bond donors (Lipinski definition) is 2. The Kier molecular flexibility index (Phi) is 4.04. The summed E-state index contributed by atoms with van der Waals surface area (Å²) >= 11 is 1.61. The third kappa shape index (κ3) is 2.70. The van der Waals surface area contributed by atoms with Crippen molar-refractivity contribution in [2.24, 2.45) is 0 Å². The average molecular weight is 337 g/mol. The van der Waals surface area contributed by atoms with Gasteiger partial charge in [-0.25, -0.2) is 4.98 Å². The molecule has 0 aliphatic carbocycles. The van der Waals surface area contributed by atoms with Gasteiger partial charge in [0, 0.05) is 5.69 Å². The summed E-state index contributed by atoms with van der Waals surface area (Å²) in [7, 11) is 0. The van der Waals surface area contributed by atoms with Crippen molar-refractivity contribution in [2.75, 3.05) is 18.4 Å². The minimum absolute atomic E-state index is 0.0739. The predicted octanol–water partition coefficient (Wildman–Crippen LogP) is 3.56. The molecular weight excluding hydrogens is 318 g/mol. The zero-order valence-corrected chi connectivity index (χ0v) is 14.1. The smallest absolute Gasteiger partial charge is 0.235 e. The summed E-state index contributed by atoms with van der Waals surface area (Å²) in [5.41, 5.74) is 4.20. The fourth-order valence-electron chi connectivity index (χ4n) is 3.44. The fraction of sp³-hybridized carbons (Fsp3) is 0.263. The number of amides is 1. The molecule has 4 nitrogen and oxygen atoms in total. The highest BCUT2D eigenvalue weighted by molar-refractivity contribution is 7.16. The maximum absolute atomic E-state index is 13.2. The molecule has 5 heteroatoms. The predicted molar refractivity (Wildman–Crippen MR) is 98.5 cm³/mol. The van der Waals surface area contributed by atoms with E-state index in [4.69, 9.17) is 0 Å². The van der Waals surface area contributed by atoms with E-state index in [-0.39, 0.29) is 5.91 Å². The van der Waals surface area contributed by atoms with Crippen LogP contribution in [0.1, 0.15) is 18.4 Å². The van der Waals surface area contributed by atoms with E-state index in [1.807, 2.05) is 41.9 Å². The van der Waals surface area contributed by atoms with Crippen LogP contribution in [0.5, 0.6) is 0 Å². The summed E-state index contributed by atoms with van der Waals surface area (Å²) < 4.78 is 1.13. The van der Waals surface area contributed by atoms with Gasteiger partial charge in [-0.15, -0.1) is 11.3 Å². The number of hydrogen-bond acceptors (Lipinski definition) is 4. The number of rotatable bonds is 3. The first-order valence-electron chi connectivity index (χ1n) is 8.19. The number of piperidine rings is 1. The molecule has 0 bridgehead atoms. The molecule has 0 atom stereocenters. The second kappa shape index (κ2) is 6.34. The highest BCUT2D eigenvalue weighted by atomic mass is 32.1. The van der Waals surface area contributed by atoms with Gasteiger partial charge >= 0.3 is 0 Å². The number of nitrogens with zero attached hydrogens (tertiary/aromatic N) is 1. The average Bonchev–Trinajstić information content (AvgIpc) is 3.11. The zero-order chi connectivity index (χ0) is 16.4. The van der Waals surface area contributed by atoms with Gasteiger partial charge in [-0.2, -0.15) is 0 Å². The Labute approximate surface area is 144 Å². The highest BCUT2D eigenvalue weighted by Crippen LogP contribution is 2.35. The number of thiazole rings is 1. The van der Waals surface area contributed by atoms with Crippen LogP contribution in [-0.4, -0.2) is 24.0 Å². The molecule has 3 aromatic rings. The number of anilines is 1. The van der Waals surface area contributed by atoms with Gasteiger partial charge in [-0.05, 0) is 49.7 Å². The molecule has 2 N–H and O–H groups in total. The fourth-order valence-corrected chi connectivity index (χ4v) is 4.10. The van der Waals surface area contributed by atoms with Crippen LogP contribution in [0.15, 0.2) is 54.0 Å². The van der Waals surface area contributed by atoms with Crippen molar-refractivity contribution in [1.82, 2.24) is 10.3 Å². The minimum atomic E-state index is -0.469. The summed E-state index contributed by atoms with van der Waals surface area (Å²) in [5, 5.41) is 6.49. The number of carbonyl (C=O) groups is 1. The first kappa shape index (κ1) is 15.3. The van der Waals surface area contributed by atoms with Crippen LogP contribution in [0, 0.1) is 0 Å². The maximum atomic E-state index is 13.2. The number of aromatic nitrogens is 1. The zero-order valence-electron chi connectivity index (χ0n) is 13.3. The molecule has 0 spiro atoms. The second-order valence-corrected chi connectivity index (χ2v) is 7.07. The largest absolute Gasteiger partial charge is 0.325 e. The van der Waals surface area contributed by atoms with E-state index in [0.29, 0.717) is 0 Å². The first-order valence-corrected chi connectivity index (χ1v) is 9.07. The Morgan fingerprint density at radius 1 is 1.12 bits per heavy atom. The molecule has 1 aliphatic rings. The van der Waals surface area contributed by atoms with Gasteiger partial charge in [0.05, 0.1) is 21.1 Å². The summed E-state index contributed by atoms with van der Waals surface area (Å²) in [4.78, 5) is 17.5. The van der Waals surface area contributed by atoms with Crippen LogP contribution >= 0.6 is 11.3 Å². The van der Waals surface area contributed by atoms with Crippen LogP contribution < -0.4 is 10.6 Å². The molecule has 1 aliphatic heterocycles. The Morgan fingerprint density at radius 2 is 1.92 bits per heavy atom. The van der Waals surface area contributed by atoms with E-state index in [2.05, 4.69) is 27.8 Å². The second-order valence-electron chi connectivity index (χ2n) is 6.19. The van der Waals surface area contributed by atoms with E-state index in [0.717, 1.165) is 47.4 Å². The van der Waals surface area contributed by atoms with Crippen molar-refractivity contribution >= 4 is 33.1 Å². The molecule has 1 fully saturated rings. The van der Waals surface area contributed by atoms with E-state index in [1.165, 1.54) is 0 Å². The molecule has 2 heterocycles. The molecular formula is C19H19N3OS. The van der Waals surface area contributed by atoms with Crippen molar-refractivity contribution in [1.29, 1.82) is 0 Å². The molecule has 1 amide bonds. The van der Waals surface area contributed by atoms with Gasteiger partial charge in [-0.3, -0.25) is 4.79 Å². The summed E-state index contributed by atoms with van der Waals surface area (Å²) in [6.45, 7) is 1.71. The maximum Gasteiger partial charge on any atom is 0.235 e. The van der Waals surface area contributed by atoms with Crippen molar-refractivity contribution < 1.29 is 4.79 Å². The Balaban J connectivity index is 1.66. The lowest BCUT2D eigenvalue weighted by molar-refractivity contribution is -0.122. The first-order chi connectivity index (χ1) is 11.8. The Bertz CT molecular complexity index is 853. The molecule has 122 valence electrons. The van der Waals surface area contributed by atoms with Gasteiger partial charge in [0.15, 0.2) is 0 Å². The molecule has 1 saturated heterocycles. The van der Waals surface area contributed by atoms with E-state index in [1.54, 1.807) is 11.3 Å². The standard InChI is InChI=1S/C19H19N3OS/c23-18(22-15-6-7-17-16(12-15)21-13-24-17)19(8-10-20-11-9-19)14-4-2-1-3-5-14/h1-7,12-13,20H,8-11H2,(H,22,23). The summed E-state index contributed by atoms with van der Waals surface area (Å²) in [6, 6.07) is 16.1. The quantitative estimate of drug-likeness (QED) is 0.768. The van der Waals surface area contributed by atoms with Crippen LogP contribution in [0.4, 0.5) is 5.69 Å². The van der Waals surface area contributed by atoms with Gasteiger partial charge in [0.1, 0.15) is 0 Å².